The third kappa shape index (κ3) is 7.75. The van der Waals surface area contributed by atoms with E-state index >= 15 is 0 Å². The summed E-state index contributed by atoms with van der Waals surface area (Å²) in [5.74, 6) is -0.764. The van der Waals surface area contributed by atoms with E-state index in [0.29, 0.717) is 31.5 Å². The van der Waals surface area contributed by atoms with E-state index in [9.17, 15) is 24.8 Å². The predicted octanol–water partition coefficient (Wildman–Crippen LogP) is 2.64. The molecule has 0 aromatic carbocycles. The molecule has 9 heteroatoms. The number of nitrogens with zero attached hydrogens (tertiary/aromatic N) is 3. The number of rotatable bonds is 11. The molecule has 9 nitrogen and oxygen atoms in total. The number of pyridine rings is 1. The summed E-state index contributed by atoms with van der Waals surface area (Å²) < 4.78 is 0. The van der Waals surface area contributed by atoms with Gasteiger partial charge in [0.2, 0.25) is 5.91 Å². The molecule has 162 valence electrons. The summed E-state index contributed by atoms with van der Waals surface area (Å²) in [6.07, 6.45) is 11.2. The zero-order valence-electron chi connectivity index (χ0n) is 16.7. The Morgan fingerprint density at radius 1 is 1.40 bits per heavy atom. The summed E-state index contributed by atoms with van der Waals surface area (Å²) in [6, 6.07) is 2.75. The van der Waals surface area contributed by atoms with E-state index < -0.39 is 17.0 Å². The number of allylic oxidation sites excluding steroid dienone is 1. The molecular weight excluding hydrogens is 390 g/mol. The summed E-state index contributed by atoms with van der Waals surface area (Å²) in [5, 5.41) is 29.6. The highest BCUT2D eigenvalue weighted by Gasteiger charge is 2.25. The minimum atomic E-state index is -0.817. The molecule has 1 saturated heterocycles. The van der Waals surface area contributed by atoms with Gasteiger partial charge in [-0.1, -0.05) is 24.3 Å². The van der Waals surface area contributed by atoms with Crippen molar-refractivity contribution in [2.45, 2.75) is 57.1 Å². The molecule has 0 radical (unpaired) electrons. The number of aliphatic hydroxyl groups is 1. The number of carbonyl (C=O) groups excluding carboxylic acids is 1. The van der Waals surface area contributed by atoms with Gasteiger partial charge in [-0.3, -0.25) is 24.7 Å². The molecule has 1 aromatic heterocycles. The molecule has 1 amide bonds. The van der Waals surface area contributed by atoms with Crippen molar-refractivity contribution in [2.24, 2.45) is 0 Å². The number of hydrogen-bond donors (Lipinski definition) is 2. The van der Waals surface area contributed by atoms with Gasteiger partial charge in [0.25, 0.3) is 5.69 Å². The van der Waals surface area contributed by atoms with E-state index in [1.54, 1.807) is 11.0 Å². The number of piperidine rings is 1. The van der Waals surface area contributed by atoms with Crippen molar-refractivity contribution in [1.82, 2.24) is 9.88 Å². The Kier molecular flexibility index (Phi) is 9.14. The van der Waals surface area contributed by atoms with Gasteiger partial charge in [-0.05, 0) is 31.7 Å². The summed E-state index contributed by atoms with van der Waals surface area (Å²) in [6.45, 7) is 0.445. The summed E-state index contributed by atoms with van der Waals surface area (Å²) >= 11 is 0. The maximum Gasteiger partial charge on any atom is 0.303 e. The molecular formula is C21H27N3O6. The molecule has 2 heterocycles. The first-order chi connectivity index (χ1) is 14.4. The normalized spacial score (nSPS) is 18.2. The number of carbonyl (C=O) groups is 2. The number of hydrogen-bond acceptors (Lipinski definition) is 6. The van der Waals surface area contributed by atoms with Crippen LogP contribution in [-0.4, -0.2) is 55.6 Å². The Bertz CT molecular complexity index is 790. The average Bonchev–Trinajstić information content (AvgIpc) is 2.70. The van der Waals surface area contributed by atoms with Gasteiger partial charge in [0.15, 0.2) is 0 Å². The van der Waals surface area contributed by atoms with E-state index in [1.165, 1.54) is 12.1 Å². The van der Waals surface area contributed by atoms with Gasteiger partial charge in [0.1, 0.15) is 6.20 Å². The lowest BCUT2D eigenvalue weighted by Crippen LogP contribution is -2.42. The van der Waals surface area contributed by atoms with Crippen molar-refractivity contribution in [2.75, 3.05) is 6.54 Å². The van der Waals surface area contributed by atoms with E-state index in [0.717, 1.165) is 19.0 Å². The molecule has 0 bridgehead atoms. The molecule has 1 aliphatic rings. The zero-order chi connectivity index (χ0) is 21.9. The maximum absolute atomic E-state index is 12.3. The standard InChI is InChI=1S/C21H27N3O6/c25-19(14-16-9-10-18(15-22-16)24(29)30)12-11-17-6-5-7-20(26)23(17)13-4-2-1-3-8-21(27)28/h2,4,9-12,15,17,19,25H,1,3,5-8,13-14H2,(H,27,28)/b4-2-,12-11+/t17-,19?/m1/s1. The van der Waals surface area contributed by atoms with Crippen LogP contribution in [0.25, 0.3) is 0 Å². The fourth-order valence-corrected chi connectivity index (χ4v) is 3.25. The van der Waals surface area contributed by atoms with Crippen LogP contribution in [0.5, 0.6) is 0 Å². The SMILES string of the molecule is O=C(O)CCC/C=C\CN1C(=O)CCC[C@@H]1/C=C/C(O)Cc1ccc([N+](=O)[O-])cn1. The van der Waals surface area contributed by atoms with Gasteiger partial charge in [-0.2, -0.15) is 0 Å². The zero-order valence-corrected chi connectivity index (χ0v) is 16.7. The van der Waals surface area contributed by atoms with Gasteiger partial charge in [-0.15, -0.1) is 0 Å². The van der Waals surface area contributed by atoms with Crippen LogP contribution in [0.15, 0.2) is 42.6 Å². The lowest BCUT2D eigenvalue weighted by atomic mass is 10.00. The number of nitro groups is 1. The van der Waals surface area contributed by atoms with Crippen LogP contribution in [0.4, 0.5) is 5.69 Å². The Balaban J connectivity index is 1.88. The lowest BCUT2D eigenvalue weighted by molar-refractivity contribution is -0.385. The maximum atomic E-state index is 12.3. The second-order valence-corrected chi connectivity index (χ2v) is 7.18. The summed E-state index contributed by atoms with van der Waals surface area (Å²) in [4.78, 5) is 38.7. The molecule has 0 spiro atoms. The Morgan fingerprint density at radius 3 is 2.87 bits per heavy atom. The fraction of sp³-hybridized carbons (Fsp3) is 0.476. The molecule has 1 aromatic rings. The van der Waals surface area contributed by atoms with Crippen LogP contribution >= 0.6 is 0 Å². The molecule has 2 rings (SSSR count). The molecule has 2 atom stereocenters. The van der Waals surface area contributed by atoms with Crippen LogP contribution in [0.2, 0.25) is 0 Å². The van der Waals surface area contributed by atoms with Crippen LogP contribution in [0, 0.1) is 10.1 Å². The van der Waals surface area contributed by atoms with Crippen LogP contribution in [0.3, 0.4) is 0 Å². The molecule has 0 aliphatic carbocycles. The minimum absolute atomic E-state index is 0.0533. The summed E-state index contributed by atoms with van der Waals surface area (Å²) in [5.41, 5.74) is 0.440. The van der Waals surface area contributed by atoms with Gasteiger partial charge in [0.05, 0.1) is 17.1 Å². The Hall–Kier alpha value is -3.07. The van der Waals surface area contributed by atoms with Crippen LogP contribution in [-0.2, 0) is 16.0 Å². The van der Waals surface area contributed by atoms with E-state index in [1.807, 2.05) is 18.2 Å². The highest BCUT2D eigenvalue weighted by Crippen LogP contribution is 2.20. The quantitative estimate of drug-likeness (QED) is 0.245. The van der Waals surface area contributed by atoms with Crippen molar-refractivity contribution in [3.05, 3.63) is 58.4 Å². The first-order valence-electron chi connectivity index (χ1n) is 9.98. The third-order valence-corrected chi connectivity index (χ3v) is 4.84. The van der Waals surface area contributed by atoms with E-state index in [4.69, 9.17) is 5.11 Å². The van der Waals surface area contributed by atoms with Gasteiger partial charge < -0.3 is 15.1 Å². The molecule has 2 N–H and O–H groups in total. The van der Waals surface area contributed by atoms with Crippen LogP contribution in [0.1, 0.15) is 44.2 Å². The van der Waals surface area contributed by atoms with Crippen molar-refractivity contribution in [1.29, 1.82) is 0 Å². The molecule has 1 aliphatic heterocycles. The number of carboxylic acids is 1. The van der Waals surface area contributed by atoms with Crippen molar-refractivity contribution in [3.63, 3.8) is 0 Å². The highest BCUT2D eigenvalue weighted by molar-refractivity contribution is 5.77. The minimum Gasteiger partial charge on any atom is -0.481 e. The predicted molar refractivity (Wildman–Crippen MR) is 110 cm³/mol. The van der Waals surface area contributed by atoms with Gasteiger partial charge in [0, 0.05) is 37.6 Å². The first-order valence-corrected chi connectivity index (χ1v) is 9.98. The first kappa shape index (κ1) is 23.2. The Labute approximate surface area is 174 Å². The van der Waals surface area contributed by atoms with Crippen molar-refractivity contribution < 1.29 is 24.7 Å². The second kappa shape index (κ2) is 11.8. The van der Waals surface area contributed by atoms with E-state index in [2.05, 4.69) is 4.98 Å². The van der Waals surface area contributed by atoms with Crippen molar-refractivity contribution in [3.8, 4) is 0 Å². The lowest BCUT2D eigenvalue weighted by Gasteiger charge is -2.33. The molecule has 1 unspecified atom stereocenters. The largest absolute Gasteiger partial charge is 0.481 e. The van der Waals surface area contributed by atoms with Gasteiger partial charge >= 0.3 is 5.97 Å². The summed E-state index contributed by atoms with van der Waals surface area (Å²) in [7, 11) is 0. The van der Waals surface area contributed by atoms with Gasteiger partial charge in [-0.25, -0.2) is 0 Å². The fourth-order valence-electron chi connectivity index (χ4n) is 3.25. The Morgan fingerprint density at radius 2 is 2.20 bits per heavy atom. The number of aromatic nitrogens is 1. The topological polar surface area (TPSA) is 134 Å². The third-order valence-electron chi connectivity index (χ3n) is 4.84. The van der Waals surface area contributed by atoms with Crippen LogP contribution < -0.4 is 0 Å². The highest BCUT2D eigenvalue weighted by atomic mass is 16.6. The molecule has 1 fully saturated rings. The number of unbranched alkanes of at least 4 members (excludes halogenated alkanes) is 1. The van der Waals surface area contributed by atoms with E-state index in [-0.39, 0.29) is 30.5 Å². The number of amides is 1. The second-order valence-electron chi connectivity index (χ2n) is 7.18. The molecule has 0 saturated carbocycles. The number of aliphatic carboxylic acids is 1. The average molecular weight is 417 g/mol. The number of likely N-dealkylation sites (tertiary alicyclic amines) is 1. The molecule has 30 heavy (non-hydrogen) atoms. The number of aliphatic hydroxyl groups excluding tert-OH is 1. The van der Waals surface area contributed by atoms with Crippen molar-refractivity contribution >= 4 is 17.6 Å². The smallest absolute Gasteiger partial charge is 0.303 e. The monoisotopic (exact) mass is 417 g/mol. The number of carboxylic acid groups (broad SMARTS) is 1.